The van der Waals surface area contributed by atoms with Crippen molar-refractivity contribution in [1.82, 2.24) is 20.0 Å². The minimum absolute atomic E-state index is 0.0323. The van der Waals surface area contributed by atoms with Crippen LogP contribution in [-0.4, -0.2) is 45.1 Å². The van der Waals surface area contributed by atoms with Crippen LogP contribution in [0.2, 0.25) is 0 Å². The smallest absolute Gasteiger partial charge is 0.248 e. The van der Waals surface area contributed by atoms with Crippen molar-refractivity contribution in [1.29, 1.82) is 0 Å². The number of aromatic nitrogens is 2. The Morgan fingerprint density at radius 1 is 1.33 bits per heavy atom. The average Bonchev–Trinajstić information content (AvgIpc) is 2.84. The Kier molecular flexibility index (Phi) is 4.65. The summed E-state index contributed by atoms with van der Waals surface area (Å²) >= 11 is 0. The quantitative estimate of drug-likeness (QED) is 0.875. The molecule has 0 radical (unpaired) electrons. The second kappa shape index (κ2) is 6.28. The third kappa shape index (κ3) is 3.09. The SMILES string of the molecule is CCC1(CC)NC(=O)CCN(CCc2ccnn2C)C1=O. The summed E-state index contributed by atoms with van der Waals surface area (Å²) in [5.74, 6) is 0.00982. The van der Waals surface area contributed by atoms with Crippen LogP contribution in [0.15, 0.2) is 12.3 Å². The van der Waals surface area contributed by atoms with E-state index in [1.165, 1.54) is 0 Å². The molecule has 2 rings (SSSR count). The molecule has 1 saturated heterocycles. The van der Waals surface area contributed by atoms with E-state index in [1.54, 1.807) is 6.20 Å². The van der Waals surface area contributed by atoms with Gasteiger partial charge in [0.25, 0.3) is 0 Å². The summed E-state index contributed by atoms with van der Waals surface area (Å²) in [6.45, 7) is 5.01. The summed E-state index contributed by atoms with van der Waals surface area (Å²) in [5, 5.41) is 7.07. The van der Waals surface area contributed by atoms with Crippen molar-refractivity contribution < 1.29 is 9.59 Å². The molecule has 1 aromatic rings. The lowest BCUT2D eigenvalue weighted by molar-refractivity contribution is -0.139. The third-order valence-electron chi connectivity index (χ3n) is 4.45. The normalized spacial score (nSPS) is 18.5. The van der Waals surface area contributed by atoms with Crippen LogP contribution in [0.25, 0.3) is 0 Å². The van der Waals surface area contributed by atoms with Gasteiger partial charge in [0.1, 0.15) is 5.54 Å². The maximum absolute atomic E-state index is 12.8. The van der Waals surface area contributed by atoms with Crippen LogP contribution < -0.4 is 5.32 Å². The number of rotatable bonds is 5. The van der Waals surface area contributed by atoms with Crippen LogP contribution in [0.1, 0.15) is 38.8 Å². The van der Waals surface area contributed by atoms with Gasteiger partial charge in [0, 0.05) is 44.9 Å². The van der Waals surface area contributed by atoms with Crippen molar-refractivity contribution in [3.05, 3.63) is 18.0 Å². The predicted octanol–water partition coefficient (Wildman–Crippen LogP) is 0.870. The van der Waals surface area contributed by atoms with Gasteiger partial charge in [-0.2, -0.15) is 5.10 Å². The molecular weight excluding hydrogens is 268 g/mol. The Morgan fingerprint density at radius 2 is 2.05 bits per heavy atom. The molecule has 6 nitrogen and oxygen atoms in total. The van der Waals surface area contributed by atoms with E-state index in [9.17, 15) is 9.59 Å². The maximum Gasteiger partial charge on any atom is 0.248 e. The van der Waals surface area contributed by atoms with Gasteiger partial charge in [0.05, 0.1) is 0 Å². The number of amides is 2. The fourth-order valence-electron chi connectivity index (χ4n) is 2.86. The van der Waals surface area contributed by atoms with Crippen molar-refractivity contribution in [2.45, 2.75) is 45.1 Å². The first kappa shape index (κ1) is 15.5. The van der Waals surface area contributed by atoms with E-state index in [0.717, 1.165) is 12.1 Å². The molecule has 0 aliphatic carbocycles. The highest BCUT2D eigenvalue weighted by Crippen LogP contribution is 2.22. The standard InChI is InChI=1S/C15H24N4O2/c1-4-15(5-2)14(21)19(11-8-13(20)17-15)10-7-12-6-9-16-18(12)3/h6,9H,4-5,7-8,10-11H2,1-3H3,(H,17,20). The minimum Gasteiger partial charge on any atom is -0.342 e. The molecule has 0 atom stereocenters. The molecule has 1 fully saturated rings. The average molecular weight is 292 g/mol. The van der Waals surface area contributed by atoms with Crippen LogP contribution in [0.4, 0.5) is 0 Å². The van der Waals surface area contributed by atoms with E-state index < -0.39 is 5.54 Å². The molecule has 116 valence electrons. The molecule has 1 aliphatic rings. The molecular formula is C15H24N4O2. The van der Waals surface area contributed by atoms with Crippen molar-refractivity contribution in [2.24, 2.45) is 7.05 Å². The van der Waals surface area contributed by atoms with Crippen molar-refractivity contribution in [3.8, 4) is 0 Å². The van der Waals surface area contributed by atoms with Crippen molar-refractivity contribution in [3.63, 3.8) is 0 Å². The van der Waals surface area contributed by atoms with E-state index >= 15 is 0 Å². The summed E-state index contributed by atoms with van der Waals surface area (Å²) in [4.78, 5) is 26.5. The Hall–Kier alpha value is -1.85. The Bertz CT molecular complexity index is 519. The Labute approximate surface area is 125 Å². The van der Waals surface area contributed by atoms with Gasteiger partial charge in [-0.15, -0.1) is 0 Å². The van der Waals surface area contributed by atoms with E-state index in [0.29, 0.717) is 32.4 Å². The van der Waals surface area contributed by atoms with Gasteiger partial charge in [-0.1, -0.05) is 13.8 Å². The maximum atomic E-state index is 12.8. The highest BCUT2D eigenvalue weighted by molar-refractivity contribution is 5.93. The summed E-state index contributed by atoms with van der Waals surface area (Å²) in [6.07, 6.45) is 4.12. The summed E-state index contributed by atoms with van der Waals surface area (Å²) in [6, 6.07) is 1.96. The fraction of sp³-hybridized carbons (Fsp3) is 0.667. The van der Waals surface area contributed by atoms with Gasteiger partial charge in [0.2, 0.25) is 11.8 Å². The Morgan fingerprint density at radius 3 is 2.62 bits per heavy atom. The van der Waals surface area contributed by atoms with Crippen molar-refractivity contribution in [2.75, 3.05) is 13.1 Å². The summed E-state index contributed by atoms with van der Waals surface area (Å²) in [7, 11) is 1.90. The third-order valence-corrected chi connectivity index (χ3v) is 4.45. The predicted molar refractivity (Wildman–Crippen MR) is 79.6 cm³/mol. The van der Waals surface area contributed by atoms with Crippen molar-refractivity contribution >= 4 is 11.8 Å². The summed E-state index contributed by atoms with van der Waals surface area (Å²) in [5.41, 5.74) is 0.352. The highest BCUT2D eigenvalue weighted by atomic mass is 16.2. The van der Waals surface area contributed by atoms with Gasteiger partial charge in [-0.25, -0.2) is 0 Å². The fourth-order valence-corrected chi connectivity index (χ4v) is 2.86. The first-order chi connectivity index (χ1) is 10.0. The zero-order valence-electron chi connectivity index (χ0n) is 13.1. The van der Waals surface area contributed by atoms with Gasteiger partial charge < -0.3 is 10.2 Å². The number of carbonyl (C=O) groups excluding carboxylic acids is 2. The lowest BCUT2D eigenvalue weighted by Gasteiger charge is -2.33. The zero-order valence-corrected chi connectivity index (χ0v) is 13.1. The lowest BCUT2D eigenvalue weighted by atomic mass is 9.91. The lowest BCUT2D eigenvalue weighted by Crippen LogP contribution is -2.56. The molecule has 1 aromatic heterocycles. The molecule has 21 heavy (non-hydrogen) atoms. The van der Waals surface area contributed by atoms with Gasteiger partial charge in [-0.05, 0) is 18.9 Å². The molecule has 0 saturated carbocycles. The molecule has 2 amide bonds. The first-order valence-electron chi connectivity index (χ1n) is 7.59. The number of nitrogens with one attached hydrogen (secondary N) is 1. The van der Waals surface area contributed by atoms with E-state index in [1.807, 2.05) is 36.5 Å². The van der Waals surface area contributed by atoms with Gasteiger partial charge in [0.15, 0.2) is 0 Å². The second-order valence-electron chi connectivity index (χ2n) is 5.58. The van der Waals surface area contributed by atoms with Crippen LogP contribution >= 0.6 is 0 Å². The number of carbonyl (C=O) groups is 2. The molecule has 1 aliphatic heterocycles. The Balaban J connectivity index is 2.12. The first-order valence-corrected chi connectivity index (χ1v) is 7.59. The van der Waals surface area contributed by atoms with Crippen LogP contribution in [0.3, 0.4) is 0 Å². The molecule has 6 heteroatoms. The number of aryl methyl sites for hydroxylation is 1. The van der Waals surface area contributed by atoms with Crippen LogP contribution in [0, 0.1) is 0 Å². The van der Waals surface area contributed by atoms with Gasteiger partial charge >= 0.3 is 0 Å². The van der Waals surface area contributed by atoms with Crippen LogP contribution in [0.5, 0.6) is 0 Å². The second-order valence-corrected chi connectivity index (χ2v) is 5.58. The highest BCUT2D eigenvalue weighted by Gasteiger charge is 2.41. The number of hydrogen-bond donors (Lipinski definition) is 1. The zero-order chi connectivity index (χ0) is 15.5. The molecule has 0 aromatic carbocycles. The summed E-state index contributed by atoms with van der Waals surface area (Å²) < 4.78 is 1.82. The molecule has 1 N–H and O–H groups in total. The number of nitrogens with zero attached hydrogens (tertiary/aromatic N) is 3. The largest absolute Gasteiger partial charge is 0.342 e. The molecule has 0 spiro atoms. The monoisotopic (exact) mass is 292 g/mol. The van der Waals surface area contributed by atoms with E-state index in [-0.39, 0.29) is 11.8 Å². The van der Waals surface area contributed by atoms with E-state index in [4.69, 9.17) is 0 Å². The van der Waals surface area contributed by atoms with Crippen LogP contribution in [-0.2, 0) is 23.1 Å². The van der Waals surface area contributed by atoms with Gasteiger partial charge in [-0.3, -0.25) is 14.3 Å². The molecule has 2 heterocycles. The minimum atomic E-state index is -0.736. The van der Waals surface area contributed by atoms with E-state index in [2.05, 4.69) is 10.4 Å². The molecule has 0 bridgehead atoms. The number of hydrogen-bond acceptors (Lipinski definition) is 3. The topological polar surface area (TPSA) is 67.2 Å². The molecule has 0 unspecified atom stereocenters.